The van der Waals surface area contributed by atoms with E-state index in [0.717, 1.165) is 22.3 Å². The average Bonchev–Trinajstić information content (AvgIpc) is 3.29. The summed E-state index contributed by atoms with van der Waals surface area (Å²) in [5.41, 5.74) is 3.74. The summed E-state index contributed by atoms with van der Waals surface area (Å²) in [5.74, 6) is 0.424. The molecule has 9 heteroatoms. The molecule has 192 valence electrons. The Morgan fingerprint density at radius 3 is 2.26 bits per heavy atom. The second-order valence-corrected chi connectivity index (χ2v) is 10.6. The van der Waals surface area contributed by atoms with Gasteiger partial charge in [-0.25, -0.2) is 4.79 Å². The minimum atomic E-state index is -0.672. The standard InChI is InChI=1S/C29H25Cl2N5O2/c1-29(2,3)38-28(37)32-25(19-9-5-4-6-10-19)27-34-33-24-17-22(18-13-15-20(30)16-14-18)26(35-36(24)27)21-11-7-8-12-23(21)31/h4-17,25H,1-3H3,(H,32,37)/t25-/m0/s1. The number of carbonyl (C=O) groups excluding carboxylic acids is 1. The van der Waals surface area contributed by atoms with Crippen molar-refractivity contribution in [2.75, 3.05) is 0 Å². The molecule has 2 aromatic heterocycles. The van der Waals surface area contributed by atoms with Crippen molar-refractivity contribution in [2.45, 2.75) is 32.4 Å². The highest BCUT2D eigenvalue weighted by atomic mass is 35.5. The van der Waals surface area contributed by atoms with Gasteiger partial charge in [-0.1, -0.05) is 83.9 Å². The number of hydrogen-bond donors (Lipinski definition) is 1. The second kappa shape index (κ2) is 10.4. The van der Waals surface area contributed by atoms with Gasteiger partial charge in [-0.15, -0.1) is 10.2 Å². The maximum atomic E-state index is 12.8. The molecular weight excluding hydrogens is 521 g/mol. The molecule has 0 aliphatic carbocycles. The van der Waals surface area contributed by atoms with Crippen LogP contribution in [0, 0.1) is 0 Å². The number of amides is 1. The van der Waals surface area contributed by atoms with Gasteiger partial charge in [0.2, 0.25) is 0 Å². The Balaban J connectivity index is 1.70. The van der Waals surface area contributed by atoms with Crippen molar-refractivity contribution in [3.05, 3.63) is 106 Å². The van der Waals surface area contributed by atoms with Crippen molar-refractivity contribution >= 4 is 34.9 Å². The van der Waals surface area contributed by atoms with Crippen LogP contribution in [0.2, 0.25) is 10.0 Å². The highest BCUT2D eigenvalue weighted by Crippen LogP contribution is 2.36. The lowest BCUT2D eigenvalue weighted by Gasteiger charge is -2.23. The first kappa shape index (κ1) is 25.7. The van der Waals surface area contributed by atoms with Crippen LogP contribution in [0.1, 0.15) is 38.2 Å². The van der Waals surface area contributed by atoms with Crippen LogP contribution in [0.5, 0.6) is 0 Å². The zero-order chi connectivity index (χ0) is 26.9. The fraction of sp³-hybridized carbons (Fsp3) is 0.172. The second-order valence-electron chi connectivity index (χ2n) is 9.71. The van der Waals surface area contributed by atoms with Gasteiger partial charge in [0.15, 0.2) is 11.5 Å². The van der Waals surface area contributed by atoms with Crippen molar-refractivity contribution in [1.29, 1.82) is 0 Å². The fourth-order valence-electron chi connectivity index (χ4n) is 4.10. The monoisotopic (exact) mass is 545 g/mol. The van der Waals surface area contributed by atoms with Crippen molar-refractivity contribution in [3.8, 4) is 22.4 Å². The van der Waals surface area contributed by atoms with Crippen molar-refractivity contribution in [1.82, 2.24) is 25.1 Å². The minimum absolute atomic E-state index is 0.424. The van der Waals surface area contributed by atoms with E-state index in [1.54, 1.807) is 4.52 Å². The number of rotatable bonds is 5. The third-order valence-corrected chi connectivity index (χ3v) is 6.34. The van der Waals surface area contributed by atoms with Crippen LogP contribution < -0.4 is 5.32 Å². The molecule has 0 spiro atoms. The molecule has 0 saturated heterocycles. The lowest BCUT2D eigenvalue weighted by atomic mass is 10.00. The van der Waals surface area contributed by atoms with Gasteiger partial charge in [0.25, 0.3) is 0 Å². The van der Waals surface area contributed by atoms with Gasteiger partial charge in [-0.2, -0.15) is 9.61 Å². The summed E-state index contributed by atoms with van der Waals surface area (Å²) in [5, 5.41) is 18.0. The van der Waals surface area contributed by atoms with E-state index in [1.165, 1.54) is 0 Å². The number of alkyl carbamates (subject to hydrolysis) is 1. The van der Waals surface area contributed by atoms with Gasteiger partial charge >= 0.3 is 6.09 Å². The number of hydrogen-bond acceptors (Lipinski definition) is 5. The van der Waals surface area contributed by atoms with Gasteiger partial charge in [0.05, 0.1) is 5.02 Å². The van der Waals surface area contributed by atoms with Gasteiger partial charge in [0, 0.05) is 16.1 Å². The Morgan fingerprint density at radius 1 is 0.895 bits per heavy atom. The van der Waals surface area contributed by atoms with Crippen molar-refractivity contribution < 1.29 is 9.53 Å². The van der Waals surface area contributed by atoms with E-state index in [9.17, 15) is 4.79 Å². The van der Waals surface area contributed by atoms with Gasteiger partial charge < -0.3 is 10.1 Å². The smallest absolute Gasteiger partial charge is 0.408 e. The van der Waals surface area contributed by atoms with Crippen molar-refractivity contribution in [2.24, 2.45) is 0 Å². The average molecular weight is 546 g/mol. The molecule has 0 unspecified atom stereocenters. The zero-order valence-electron chi connectivity index (χ0n) is 21.0. The van der Waals surface area contributed by atoms with Crippen LogP contribution in [0.4, 0.5) is 4.79 Å². The molecule has 1 N–H and O–H groups in total. The van der Waals surface area contributed by atoms with E-state index in [0.29, 0.717) is 27.2 Å². The SMILES string of the molecule is CC(C)(C)OC(=O)N[C@@H](c1ccccc1)c1nnc2cc(-c3ccc(Cl)cc3)c(-c3ccccc3Cl)nn12. The van der Waals surface area contributed by atoms with E-state index in [-0.39, 0.29) is 0 Å². The van der Waals surface area contributed by atoms with E-state index in [1.807, 2.05) is 106 Å². The van der Waals surface area contributed by atoms with E-state index < -0.39 is 17.7 Å². The number of ether oxygens (including phenoxy) is 1. The Morgan fingerprint density at radius 2 is 1.58 bits per heavy atom. The van der Waals surface area contributed by atoms with Gasteiger partial charge in [-0.05, 0) is 56.2 Å². The Bertz CT molecular complexity index is 1600. The number of carbonyl (C=O) groups is 1. The highest BCUT2D eigenvalue weighted by Gasteiger charge is 2.27. The van der Waals surface area contributed by atoms with E-state index in [4.69, 9.17) is 33.0 Å². The van der Waals surface area contributed by atoms with E-state index in [2.05, 4.69) is 15.5 Å². The maximum Gasteiger partial charge on any atom is 0.408 e. The normalized spacial score (nSPS) is 12.3. The van der Waals surface area contributed by atoms with Crippen LogP contribution in [-0.4, -0.2) is 31.5 Å². The van der Waals surface area contributed by atoms with Crippen molar-refractivity contribution in [3.63, 3.8) is 0 Å². The predicted molar refractivity (Wildman–Crippen MR) is 149 cm³/mol. The quantitative estimate of drug-likeness (QED) is 0.249. The number of fused-ring (bicyclic) bond motifs is 1. The Hall–Kier alpha value is -3.94. The number of nitrogens with one attached hydrogen (secondary N) is 1. The largest absolute Gasteiger partial charge is 0.444 e. The van der Waals surface area contributed by atoms with Gasteiger partial charge in [0.1, 0.15) is 17.3 Å². The summed E-state index contributed by atoms with van der Waals surface area (Å²) in [6, 6.07) is 25.7. The molecule has 1 atom stereocenters. The van der Waals surface area contributed by atoms with Crippen LogP contribution in [0.15, 0.2) is 84.9 Å². The lowest BCUT2D eigenvalue weighted by molar-refractivity contribution is 0.0510. The number of nitrogens with zero attached hydrogens (tertiary/aromatic N) is 4. The van der Waals surface area contributed by atoms with Crippen LogP contribution >= 0.6 is 23.2 Å². The summed E-state index contributed by atoms with van der Waals surface area (Å²) in [6.07, 6.45) is -0.577. The third kappa shape index (κ3) is 5.49. The lowest BCUT2D eigenvalue weighted by Crippen LogP contribution is -2.36. The summed E-state index contributed by atoms with van der Waals surface area (Å²) in [7, 11) is 0. The molecule has 0 aliphatic heterocycles. The molecular formula is C29H25Cl2N5O2. The summed E-state index contributed by atoms with van der Waals surface area (Å²) < 4.78 is 7.17. The summed E-state index contributed by atoms with van der Waals surface area (Å²) >= 11 is 12.8. The van der Waals surface area contributed by atoms with E-state index >= 15 is 0 Å². The first-order chi connectivity index (χ1) is 18.2. The third-order valence-electron chi connectivity index (χ3n) is 5.75. The number of benzene rings is 3. The molecule has 0 saturated carbocycles. The Labute approximate surface area is 230 Å². The topological polar surface area (TPSA) is 81.4 Å². The molecule has 2 heterocycles. The molecule has 1 amide bonds. The molecule has 0 fully saturated rings. The van der Waals surface area contributed by atoms with Crippen LogP contribution in [0.3, 0.4) is 0 Å². The molecule has 0 radical (unpaired) electrons. The molecule has 38 heavy (non-hydrogen) atoms. The highest BCUT2D eigenvalue weighted by molar-refractivity contribution is 6.33. The number of aromatic nitrogens is 4. The molecule has 0 bridgehead atoms. The fourth-order valence-corrected chi connectivity index (χ4v) is 4.45. The minimum Gasteiger partial charge on any atom is -0.444 e. The summed E-state index contributed by atoms with van der Waals surface area (Å²) in [6.45, 7) is 5.44. The van der Waals surface area contributed by atoms with Crippen LogP contribution in [-0.2, 0) is 4.74 Å². The van der Waals surface area contributed by atoms with Crippen LogP contribution in [0.25, 0.3) is 28.0 Å². The number of halogens is 2. The molecule has 7 nitrogen and oxygen atoms in total. The molecule has 3 aromatic carbocycles. The zero-order valence-corrected chi connectivity index (χ0v) is 22.5. The molecule has 0 aliphatic rings. The summed E-state index contributed by atoms with van der Waals surface area (Å²) in [4.78, 5) is 12.8. The molecule has 5 aromatic rings. The maximum absolute atomic E-state index is 12.8. The Kier molecular flexibility index (Phi) is 7.06. The first-order valence-electron chi connectivity index (χ1n) is 12.0. The predicted octanol–water partition coefficient (Wildman–Crippen LogP) is 7.38. The first-order valence-corrected chi connectivity index (χ1v) is 12.8. The van der Waals surface area contributed by atoms with Gasteiger partial charge in [-0.3, -0.25) is 0 Å². The molecule has 5 rings (SSSR count).